The summed E-state index contributed by atoms with van der Waals surface area (Å²) in [6, 6.07) is 6.22. The van der Waals surface area contributed by atoms with Gasteiger partial charge in [-0.2, -0.15) is 0 Å². The van der Waals surface area contributed by atoms with Gasteiger partial charge in [0.05, 0.1) is 6.04 Å². The van der Waals surface area contributed by atoms with Gasteiger partial charge in [-0.15, -0.1) is 21.5 Å². The predicted molar refractivity (Wildman–Crippen MR) is 137 cm³/mol. The molecular formula is C27H41N5OS. The number of carbonyl (C=O) groups is 1. The lowest BCUT2D eigenvalue weighted by Crippen LogP contribution is -2.45. The summed E-state index contributed by atoms with van der Waals surface area (Å²) in [5.41, 5.74) is 0. The van der Waals surface area contributed by atoms with Crippen molar-refractivity contribution in [2.24, 2.45) is 5.92 Å². The summed E-state index contributed by atoms with van der Waals surface area (Å²) < 4.78 is 2.44. The molecule has 0 radical (unpaired) electrons. The fourth-order valence-electron chi connectivity index (χ4n) is 6.76. The van der Waals surface area contributed by atoms with E-state index in [0.717, 1.165) is 37.5 Å². The number of rotatable bonds is 8. The molecule has 1 aliphatic carbocycles. The number of aromatic nitrogens is 3. The molecule has 2 aliphatic heterocycles. The second-order valence-corrected chi connectivity index (χ2v) is 12.1. The average Bonchev–Trinajstić information content (AvgIpc) is 3.55. The van der Waals surface area contributed by atoms with Gasteiger partial charge < -0.3 is 9.88 Å². The van der Waals surface area contributed by atoms with E-state index < -0.39 is 0 Å². The Morgan fingerprint density at radius 2 is 1.82 bits per heavy atom. The van der Waals surface area contributed by atoms with E-state index in [1.807, 2.05) is 0 Å². The maximum absolute atomic E-state index is 13.1. The summed E-state index contributed by atoms with van der Waals surface area (Å²) >= 11 is 1.78. The summed E-state index contributed by atoms with van der Waals surface area (Å²) in [4.78, 5) is 17.1. The normalized spacial score (nSPS) is 26.8. The number of hydrogen-bond acceptors (Lipinski definition) is 5. The molecule has 7 heteroatoms. The molecule has 3 unspecified atom stereocenters. The third-order valence-corrected chi connectivity index (χ3v) is 9.47. The predicted octanol–water partition coefficient (Wildman–Crippen LogP) is 5.77. The molecule has 3 atom stereocenters. The number of piperidine rings is 1. The molecule has 5 rings (SSSR count). The molecule has 2 bridgehead atoms. The number of carbonyl (C=O) groups excluding carboxylic acids is 1. The topological polar surface area (TPSA) is 63.1 Å². The number of thiophene rings is 1. The number of nitrogens with zero attached hydrogens (tertiary/aromatic N) is 4. The van der Waals surface area contributed by atoms with Crippen LogP contribution >= 0.6 is 11.3 Å². The highest BCUT2D eigenvalue weighted by Gasteiger charge is 2.42. The number of nitrogens with one attached hydrogen (secondary N) is 1. The Morgan fingerprint density at radius 1 is 1.09 bits per heavy atom. The minimum atomic E-state index is 0.138. The average molecular weight is 484 g/mol. The molecule has 1 amide bonds. The Hall–Kier alpha value is -1.73. The third kappa shape index (κ3) is 4.97. The molecule has 2 aromatic rings. The van der Waals surface area contributed by atoms with Crippen molar-refractivity contribution in [3.63, 3.8) is 0 Å². The first-order chi connectivity index (χ1) is 16.5. The molecule has 2 aromatic heterocycles. The maximum Gasteiger partial charge on any atom is 0.223 e. The van der Waals surface area contributed by atoms with E-state index in [4.69, 9.17) is 0 Å². The lowest BCUT2D eigenvalue weighted by molar-refractivity contribution is -0.126. The fourth-order valence-corrected chi connectivity index (χ4v) is 7.57. The minimum absolute atomic E-state index is 0.138. The quantitative estimate of drug-likeness (QED) is 0.518. The fraction of sp³-hybridized carbons (Fsp3) is 0.741. The van der Waals surface area contributed by atoms with Gasteiger partial charge in [-0.25, -0.2) is 0 Å². The molecule has 34 heavy (non-hydrogen) atoms. The summed E-state index contributed by atoms with van der Waals surface area (Å²) in [5, 5.41) is 14.5. The van der Waals surface area contributed by atoms with E-state index in [0.29, 0.717) is 24.0 Å². The first-order valence-electron chi connectivity index (χ1n) is 13.5. The van der Waals surface area contributed by atoms with Crippen LogP contribution in [0.15, 0.2) is 17.5 Å². The Labute approximate surface area is 208 Å². The van der Waals surface area contributed by atoms with E-state index in [9.17, 15) is 4.79 Å². The smallest absolute Gasteiger partial charge is 0.223 e. The largest absolute Gasteiger partial charge is 0.348 e. The van der Waals surface area contributed by atoms with Crippen molar-refractivity contribution in [3.8, 4) is 0 Å². The van der Waals surface area contributed by atoms with Crippen LogP contribution in [0.4, 0.5) is 0 Å². The van der Waals surface area contributed by atoms with E-state index in [1.54, 1.807) is 11.3 Å². The van der Waals surface area contributed by atoms with Crippen molar-refractivity contribution in [1.82, 2.24) is 25.0 Å². The summed E-state index contributed by atoms with van der Waals surface area (Å²) in [6.07, 6.45) is 11.7. The van der Waals surface area contributed by atoms with Gasteiger partial charge in [0, 0.05) is 41.4 Å². The molecule has 1 saturated carbocycles. The van der Waals surface area contributed by atoms with Crippen molar-refractivity contribution in [2.45, 2.75) is 115 Å². The van der Waals surface area contributed by atoms with E-state index in [1.165, 1.54) is 49.8 Å². The molecule has 0 aromatic carbocycles. The first-order valence-corrected chi connectivity index (χ1v) is 14.4. The van der Waals surface area contributed by atoms with E-state index >= 15 is 0 Å². The van der Waals surface area contributed by atoms with Gasteiger partial charge in [-0.3, -0.25) is 9.69 Å². The minimum Gasteiger partial charge on any atom is -0.348 e. The molecule has 1 N–H and O–H groups in total. The van der Waals surface area contributed by atoms with Crippen LogP contribution in [0.1, 0.15) is 113 Å². The number of amides is 1. The van der Waals surface area contributed by atoms with Crippen LogP contribution in [0.2, 0.25) is 0 Å². The van der Waals surface area contributed by atoms with Gasteiger partial charge in [0.1, 0.15) is 11.6 Å². The standard InChI is InChI=1S/C27H41N5OS/c1-18(2)26-30-29-19(3)32(26)23-16-21-11-12-22(17-23)31(21)14-13-24(25-10-7-15-34-25)28-27(33)20-8-5-4-6-9-20/h7,10,15,18,20-24H,4-6,8-9,11-14,16-17H2,1-3H3,(H,28,33). The molecule has 2 saturated heterocycles. The Balaban J connectivity index is 1.23. The Kier molecular flexibility index (Phi) is 7.40. The van der Waals surface area contributed by atoms with Crippen LogP contribution in [0, 0.1) is 12.8 Å². The van der Waals surface area contributed by atoms with E-state index in [2.05, 4.69) is 63.3 Å². The highest BCUT2D eigenvalue weighted by Crippen LogP contribution is 2.42. The summed E-state index contributed by atoms with van der Waals surface area (Å²) in [5.74, 6) is 3.09. The van der Waals surface area contributed by atoms with Gasteiger partial charge in [0.25, 0.3) is 0 Å². The molecule has 3 aliphatic rings. The molecule has 4 heterocycles. The second kappa shape index (κ2) is 10.5. The summed E-state index contributed by atoms with van der Waals surface area (Å²) in [6.45, 7) is 7.60. The van der Waals surface area contributed by atoms with Crippen molar-refractivity contribution >= 4 is 17.2 Å². The second-order valence-electron chi connectivity index (χ2n) is 11.1. The van der Waals surface area contributed by atoms with Gasteiger partial charge >= 0.3 is 0 Å². The van der Waals surface area contributed by atoms with Crippen LogP contribution < -0.4 is 5.32 Å². The third-order valence-electron chi connectivity index (χ3n) is 8.49. The lowest BCUT2D eigenvalue weighted by atomic mass is 9.88. The van der Waals surface area contributed by atoms with Gasteiger partial charge in [0.15, 0.2) is 0 Å². The molecule has 0 spiro atoms. The zero-order valence-corrected chi connectivity index (χ0v) is 21.9. The highest BCUT2D eigenvalue weighted by atomic mass is 32.1. The van der Waals surface area contributed by atoms with Crippen LogP contribution in [-0.4, -0.2) is 44.2 Å². The highest BCUT2D eigenvalue weighted by molar-refractivity contribution is 7.10. The Morgan fingerprint density at radius 3 is 2.47 bits per heavy atom. The van der Waals surface area contributed by atoms with Gasteiger partial charge in [0.2, 0.25) is 5.91 Å². The van der Waals surface area contributed by atoms with Crippen LogP contribution in [0.5, 0.6) is 0 Å². The molecule has 3 fully saturated rings. The zero-order valence-electron chi connectivity index (χ0n) is 21.1. The first kappa shape index (κ1) is 24.0. The number of hydrogen-bond donors (Lipinski definition) is 1. The van der Waals surface area contributed by atoms with Crippen LogP contribution in [0.25, 0.3) is 0 Å². The molecule has 186 valence electrons. The maximum atomic E-state index is 13.1. The van der Waals surface area contributed by atoms with Gasteiger partial charge in [-0.05, 0) is 63.3 Å². The van der Waals surface area contributed by atoms with Crippen LogP contribution in [-0.2, 0) is 4.79 Å². The molecule has 6 nitrogen and oxygen atoms in total. The van der Waals surface area contributed by atoms with Crippen LogP contribution in [0.3, 0.4) is 0 Å². The molecular weight excluding hydrogens is 442 g/mol. The van der Waals surface area contributed by atoms with Crippen molar-refractivity contribution in [3.05, 3.63) is 34.0 Å². The van der Waals surface area contributed by atoms with Gasteiger partial charge in [-0.1, -0.05) is 39.2 Å². The van der Waals surface area contributed by atoms with E-state index in [-0.39, 0.29) is 17.9 Å². The number of fused-ring (bicyclic) bond motifs is 2. The zero-order chi connectivity index (χ0) is 23.7. The van der Waals surface area contributed by atoms with Crippen molar-refractivity contribution in [2.75, 3.05) is 6.54 Å². The monoisotopic (exact) mass is 483 g/mol. The lowest BCUT2D eigenvalue weighted by Gasteiger charge is -2.40. The summed E-state index contributed by atoms with van der Waals surface area (Å²) in [7, 11) is 0. The SMILES string of the molecule is Cc1nnc(C(C)C)n1C1CC2CCC(C1)N2CCC(NC(=O)C1CCCCC1)c1cccs1. The van der Waals surface area contributed by atoms with Crippen molar-refractivity contribution < 1.29 is 4.79 Å². The van der Waals surface area contributed by atoms with Crippen molar-refractivity contribution in [1.29, 1.82) is 0 Å². The Bertz CT molecular complexity index is 934. The number of aryl methyl sites for hydroxylation is 1.